The minimum absolute atomic E-state index is 0.0935. The lowest BCUT2D eigenvalue weighted by Gasteiger charge is -2.06. The Labute approximate surface area is 134 Å². The Kier molecular flexibility index (Phi) is 5.98. The van der Waals surface area contributed by atoms with Gasteiger partial charge in [0.15, 0.2) is 6.61 Å². The lowest BCUT2D eigenvalue weighted by molar-refractivity contribution is -0.123. The number of ether oxygens (including phenoxy) is 1. The van der Waals surface area contributed by atoms with Crippen molar-refractivity contribution in [3.8, 4) is 5.75 Å². The number of benzene rings is 2. The molecule has 0 spiro atoms. The number of nitrogens with one attached hydrogen (secondary N) is 1. The first kappa shape index (κ1) is 16.0. The minimum atomic E-state index is -0.303. The molecule has 0 saturated carbocycles. The Bertz CT molecular complexity index is 639. The Hall–Kier alpha value is -2.33. The van der Waals surface area contributed by atoms with Crippen molar-refractivity contribution in [3.63, 3.8) is 0 Å². The molecule has 0 unspecified atom stereocenters. The van der Waals surface area contributed by atoms with Crippen molar-refractivity contribution in [2.24, 2.45) is 5.10 Å². The maximum atomic E-state index is 11.7. The van der Waals surface area contributed by atoms with Crippen molar-refractivity contribution in [1.29, 1.82) is 0 Å². The molecule has 0 aliphatic rings. The summed E-state index contributed by atoms with van der Waals surface area (Å²) in [6, 6.07) is 16.8. The van der Waals surface area contributed by atoms with Gasteiger partial charge in [-0.1, -0.05) is 41.9 Å². The highest BCUT2D eigenvalue weighted by molar-refractivity contribution is 6.30. The van der Waals surface area contributed by atoms with Crippen molar-refractivity contribution in [2.75, 3.05) is 6.61 Å². The van der Waals surface area contributed by atoms with Gasteiger partial charge in [0, 0.05) is 17.2 Å². The van der Waals surface area contributed by atoms with E-state index in [0.717, 1.165) is 11.3 Å². The zero-order valence-electron chi connectivity index (χ0n) is 12.3. The number of rotatable bonds is 6. The summed E-state index contributed by atoms with van der Waals surface area (Å²) in [5.74, 6) is 0.284. The second kappa shape index (κ2) is 8.20. The van der Waals surface area contributed by atoms with Crippen LogP contribution in [0.15, 0.2) is 59.7 Å². The van der Waals surface area contributed by atoms with Gasteiger partial charge in [-0.15, -0.1) is 0 Å². The number of hydrazone groups is 1. The van der Waals surface area contributed by atoms with E-state index in [4.69, 9.17) is 16.3 Å². The summed E-state index contributed by atoms with van der Waals surface area (Å²) in [6.45, 7) is 1.77. The van der Waals surface area contributed by atoms with E-state index in [0.29, 0.717) is 17.2 Å². The fourth-order valence-electron chi connectivity index (χ4n) is 1.80. The van der Waals surface area contributed by atoms with Crippen molar-refractivity contribution in [3.05, 3.63) is 65.2 Å². The smallest absolute Gasteiger partial charge is 0.277 e. The molecule has 0 aliphatic carbocycles. The van der Waals surface area contributed by atoms with E-state index < -0.39 is 0 Å². The highest BCUT2D eigenvalue weighted by Crippen LogP contribution is 2.15. The molecular weight excluding hydrogens is 300 g/mol. The van der Waals surface area contributed by atoms with E-state index in [2.05, 4.69) is 10.5 Å². The highest BCUT2D eigenvalue weighted by atomic mass is 35.5. The van der Waals surface area contributed by atoms with Gasteiger partial charge >= 0.3 is 0 Å². The number of carbonyl (C=O) groups is 1. The van der Waals surface area contributed by atoms with Crippen LogP contribution in [0, 0.1) is 0 Å². The van der Waals surface area contributed by atoms with E-state index in [9.17, 15) is 4.79 Å². The van der Waals surface area contributed by atoms with Crippen LogP contribution in [0.4, 0.5) is 0 Å². The monoisotopic (exact) mass is 316 g/mol. The Balaban J connectivity index is 1.76. The number of amides is 1. The Morgan fingerprint density at radius 1 is 1.14 bits per heavy atom. The van der Waals surface area contributed by atoms with Gasteiger partial charge in [0.05, 0.1) is 0 Å². The zero-order chi connectivity index (χ0) is 15.8. The average Bonchev–Trinajstić information content (AvgIpc) is 2.53. The van der Waals surface area contributed by atoms with Gasteiger partial charge in [-0.25, -0.2) is 5.43 Å². The fourth-order valence-corrected chi connectivity index (χ4v) is 1.93. The molecule has 4 nitrogen and oxygen atoms in total. The fraction of sp³-hybridized carbons (Fsp3) is 0.176. The second-order valence-electron chi connectivity index (χ2n) is 4.79. The molecule has 0 atom stereocenters. The van der Waals surface area contributed by atoms with Crippen LogP contribution in [0.5, 0.6) is 5.75 Å². The van der Waals surface area contributed by atoms with E-state index in [1.54, 1.807) is 24.3 Å². The molecule has 2 aromatic rings. The summed E-state index contributed by atoms with van der Waals surface area (Å²) >= 11 is 5.77. The van der Waals surface area contributed by atoms with Crippen LogP contribution in [-0.2, 0) is 11.2 Å². The van der Waals surface area contributed by atoms with Gasteiger partial charge in [0.25, 0.3) is 5.91 Å². The topological polar surface area (TPSA) is 50.7 Å². The van der Waals surface area contributed by atoms with Crippen LogP contribution in [0.3, 0.4) is 0 Å². The maximum absolute atomic E-state index is 11.7. The predicted octanol–water partition coefficient (Wildman–Crippen LogP) is 3.45. The van der Waals surface area contributed by atoms with Crippen LogP contribution in [0.25, 0.3) is 0 Å². The standard InChI is InChI=1S/C17H17ClN2O2/c1-13(11-14-5-3-2-4-6-14)19-20-17(21)12-22-16-9-7-15(18)8-10-16/h2-10H,11-12H2,1H3,(H,20,21). The molecular formula is C17H17ClN2O2. The molecule has 0 aromatic heterocycles. The summed E-state index contributed by atoms with van der Waals surface area (Å²) in [4.78, 5) is 11.7. The predicted molar refractivity (Wildman–Crippen MR) is 88.3 cm³/mol. The normalized spacial score (nSPS) is 11.1. The lowest BCUT2D eigenvalue weighted by atomic mass is 10.1. The summed E-state index contributed by atoms with van der Waals surface area (Å²) in [6.07, 6.45) is 0.694. The third-order valence-corrected chi connectivity index (χ3v) is 3.11. The number of carbonyl (C=O) groups excluding carboxylic acids is 1. The third-order valence-electron chi connectivity index (χ3n) is 2.86. The molecule has 2 aromatic carbocycles. The minimum Gasteiger partial charge on any atom is -0.484 e. The molecule has 0 fully saturated rings. The molecule has 0 heterocycles. The first-order valence-electron chi connectivity index (χ1n) is 6.88. The molecule has 22 heavy (non-hydrogen) atoms. The largest absolute Gasteiger partial charge is 0.484 e. The van der Waals surface area contributed by atoms with Gasteiger partial charge in [-0.2, -0.15) is 5.10 Å². The number of halogens is 1. The Morgan fingerprint density at radius 2 is 1.82 bits per heavy atom. The van der Waals surface area contributed by atoms with Gasteiger partial charge in [-0.05, 0) is 36.8 Å². The van der Waals surface area contributed by atoms with Crippen LogP contribution in [0.1, 0.15) is 12.5 Å². The Morgan fingerprint density at radius 3 is 2.50 bits per heavy atom. The number of nitrogens with zero attached hydrogens (tertiary/aromatic N) is 1. The number of hydrogen-bond donors (Lipinski definition) is 1. The third kappa shape index (κ3) is 5.58. The quantitative estimate of drug-likeness (QED) is 0.655. The maximum Gasteiger partial charge on any atom is 0.277 e. The summed E-state index contributed by atoms with van der Waals surface area (Å²) in [5, 5.41) is 4.68. The van der Waals surface area contributed by atoms with Crippen LogP contribution in [0.2, 0.25) is 5.02 Å². The molecule has 0 bridgehead atoms. The van der Waals surface area contributed by atoms with E-state index >= 15 is 0 Å². The molecule has 0 saturated heterocycles. The molecule has 5 heteroatoms. The summed E-state index contributed by atoms with van der Waals surface area (Å²) in [5.41, 5.74) is 4.46. The zero-order valence-corrected chi connectivity index (χ0v) is 13.0. The van der Waals surface area contributed by atoms with Crippen LogP contribution < -0.4 is 10.2 Å². The molecule has 114 valence electrons. The molecule has 2 rings (SSSR count). The second-order valence-corrected chi connectivity index (χ2v) is 5.22. The van der Waals surface area contributed by atoms with Crippen LogP contribution in [-0.4, -0.2) is 18.2 Å². The summed E-state index contributed by atoms with van der Waals surface area (Å²) in [7, 11) is 0. The van der Waals surface area contributed by atoms with Gasteiger partial charge in [0.1, 0.15) is 5.75 Å². The SMILES string of the molecule is CC(Cc1ccccc1)=NNC(=O)COc1ccc(Cl)cc1. The van der Waals surface area contributed by atoms with E-state index in [1.807, 2.05) is 37.3 Å². The van der Waals surface area contributed by atoms with E-state index in [1.165, 1.54) is 0 Å². The average molecular weight is 317 g/mol. The lowest BCUT2D eigenvalue weighted by Crippen LogP contribution is -2.25. The summed E-state index contributed by atoms with van der Waals surface area (Å²) < 4.78 is 5.33. The highest BCUT2D eigenvalue weighted by Gasteiger charge is 2.02. The molecule has 0 aliphatic heterocycles. The molecule has 1 N–H and O–H groups in total. The molecule has 0 radical (unpaired) electrons. The van der Waals surface area contributed by atoms with Gasteiger partial charge < -0.3 is 4.74 Å². The molecule has 1 amide bonds. The van der Waals surface area contributed by atoms with Crippen molar-refractivity contribution in [2.45, 2.75) is 13.3 Å². The van der Waals surface area contributed by atoms with Crippen molar-refractivity contribution in [1.82, 2.24) is 5.43 Å². The van der Waals surface area contributed by atoms with E-state index in [-0.39, 0.29) is 12.5 Å². The van der Waals surface area contributed by atoms with Crippen molar-refractivity contribution < 1.29 is 9.53 Å². The number of hydrogen-bond acceptors (Lipinski definition) is 3. The van der Waals surface area contributed by atoms with Gasteiger partial charge in [-0.3, -0.25) is 4.79 Å². The van der Waals surface area contributed by atoms with Gasteiger partial charge in [0.2, 0.25) is 0 Å². The van der Waals surface area contributed by atoms with Crippen molar-refractivity contribution >= 4 is 23.2 Å². The first-order valence-corrected chi connectivity index (χ1v) is 7.25. The first-order chi connectivity index (χ1) is 10.6. The van der Waals surface area contributed by atoms with Crippen LogP contribution >= 0.6 is 11.6 Å².